The van der Waals surface area contributed by atoms with Crippen molar-refractivity contribution in [3.63, 3.8) is 0 Å². The van der Waals surface area contributed by atoms with Crippen LogP contribution < -0.4 is 0 Å². The molecule has 0 heterocycles. The van der Waals surface area contributed by atoms with E-state index in [-0.39, 0.29) is 13.2 Å². The van der Waals surface area contributed by atoms with Gasteiger partial charge < -0.3 is 18.9 Å². The molecule has 0 fully saturated rings. The lowest BCUT2D eigenvalue weighted by Crippen LogP contribution is -2.33. The molecule has 0 radical (unpaired) electrons. The van der Waals surface area contributed by atoms with Crippen molar-refractivity contribution in [3.8, 4) is 0 Å². The molecule has 0 aromatic carbocycles. The largest absolute Gasteiger partial charge is 0.462 e. The van der Waals surface area contributed by atoms with Gasteiger partial charge in [0.2, 0.25) is 0 Å². The molecule has 0 aliphatic rings. The Morgan fingerprint density at radius 2 is 1.30 bits per heavy atom. The first kappa shape index (κ1) is 17.9. The zero-order valence-corrected chi connectivity index (χ0v) is 11.8. The molecular weight excluding hydrogens is 272 g/mol. The Balaban J connectivity index is 4.29. The van der Waals surface area contributed by atoms with Crippen LogP contribution >= 0.6 is 0 Å². The minimum atomic E-state index is -1.07. The number of hydrogen-bond donors (Lipinski definition) is 0. The van der Waals surface area contributed by atoms with Crippen molar-refractivity contribution in [2.45, 2.75) is 39.9 Å². The lowest BCUT2D eigenvalue weighted by Gasteiger charge is -2.18. The summed E-state index contributed by atoms with van der Waals surface area (Å²) in [5, 5.41) is 0. The van der Waals surface area contributed by atoms with Crippen molar-refractivity contribution in [1.82, 2.24) is 0 Å². The Bertz CT molecular complexity index is 376. The molecule has 0 bridgehead atoms. The quantitative estimate of drug-likeness (QED) is 0.475. The van der Waals surface area contributed by atoms with Gasteiger partial charge in [-0.05, 0) is 6.92 Å². The van der Waals surface area contributed by atoms with Crippen molar-refractivity contribution in [2.75, 3.05) is 13.2 Å². The maximum Gasteiger partial charge on any atom is 0.347 e. The number of hydrogen-bond acceptors (Lipinski definition) is 8. The van der Waals surface area contributed by atoms with Gasteiger partial charge in [-0.1, -0.05) is 0 Å². The van der Waals surface area contributed by atoms with Crippen molar-refractivity contribution in [3.05, 3.63) is 0 Å². The van der Waals surface area contributed by atoms with E-state index in [9.17, 15) is 19.2 Å². The third-order valence-corrected chi connectivity index (χ3v) is 1.89. The van der Waals surface area contributed by atoms with Crippen LogP contribution in [0.25, 0.3) is 0 Å². The molecule has 0 rings (SSSR count). The number of carbonyl (C=O) groups excluding carboxylic acids is 4. The summed E-state index contributed by atoms with van der Waals surface area (Å²) in [7, 11) is 0. The topological polar surface area (TPSA) is 105 Å². The summed E-state index contributed by atoms with van der Waals surface area (Å²) in [6.07, 6.45) is -1.98. The van der Waals surface area contributed by atoms with Gasteiger partial charge in [0.05, 0.1) is 0 Å². The number of rotatable bonds is 7. The molecule has 2 atom stereocenters. The fourth-order valence-corrected chi connectivity index (χ4v) is 1.15. The Hall–Kier alpha value is -2.12. The Morgan fingerprint density at radius 1 is 0.800 bits per heavy atom. The van der Waals surface area contributed by atoms with Gasteiger partial charge in [0.1, 0.15) is 13.2 Å². The molecule has 0 N–H and O–H groups in total. The van der Waals surface area contributed by atoms with E-state index in [0.717, 1.165) is 6.92 Å². The molecule has 20 heavy (non-hydrogen) atoms. The summed E-state index contributed by atoms with van der Waals surface area (Å²) in [6.45, 7) is 4.33. The number of esters is 4. The average Bonchev–Trinajstić information content (AvgIpc) is 2.30. The van der Waals surface area contributed by atoms with Gasteiger partial charge in [0.15, 0.2) is 12.2 Å². The molecule has 8 nitrogen and oxygen atoms in total. The average molecular weight is 290 g/mol. The molecule has 8 heteroatoms. The van der Waals surface area contributed by atoms with E-state index in [1.165, 1.54) is 20.8 Å². The minimum Gasteiger partial charge on any atom is -0.462 e. The standard InChI is InChI=1S/C12H18O8/c1-7(19-9(3)14)12(16)18-6-11(20-10(4)15)5-17-8(2)13/h7,11H,5-6H2,1-4H3. The Labute approximate surface area is 116 Å². The summed E-state index contributed by atoms with van der Waals surface area (Å²) < 4.78 is 18.9. The predicted octanol–water partition coefficient (Wildman–Crippen LogP) is -0.0240. The van der Waals surface area contributed by atoms with E-state index in [1.807, 2.05) is 0 Å². The lowest BCUT2D eigenvalue weighted by atomic mass is 10.4. The molecule has 0 aliphatic heterocycles. The third-order valence-electron chi connectivity index (χ3n) is 1.89. The van der Waals surface area contributed by atoms with Crippen LogP contribution in [0.4, 0.5) is 0 Å². The molecule has 0 aromatic heterocycles. The van der Waals surface area contributed by atoms with Gasteiger partial charge >= 0.3 is 23.9 Å². The Kier molecular flexibility index (Phi) is 7.95. The van der Waals surface area contributed by atoms with Gasteiger partial charge in [-0.25, -0.2) is 4.79 Å². The second-order valence-electron chi connectivity index (χ2n) is 3.92. The molecule has 2 unspecified atom stereocenters. The van der Waals surface area contributed by atoms with Crippen molar-refractivity contribution in [2.24, 2.45) is 0 Å². The van der Waals surface area contributed by atoms with E-state index >= 15 is 0 Å². The zero-order chi connectivity index (χ0) is 15.7. The second kappa shape index (κ2) is 8.89. The van der Waals surface area contributed by atoms with E-state index in [0.29, 0.717) is 0 Å². The normalized spacial score (nSPS) is 12.8. The maximum absolute atomic E-state index is 11.5. The SMILES string of the molecule is CC(=O)OCC(COC(=O)C(C)OC(C)=O)OC(C)=O. The summed E-state index contributed by atoms with van der Waals surface area (Å²) in [5.41, 5.74) is 0. The van der Waals surface area contributed by atoms with Gasteiger partial charge in [-0.3, -0.25) is 14.4 Å². The molecule has 114 valence electrons. The second-order valence-corrected chi connectivity index (χ2v) is 3.92. The van der Waals surface area contributed by atoms with Crippen LogP contribution in [0.5, 0.6) is 0 Å². The summed E-state index contributed by atoms with van der Waals surface area (Å²) >= 11 is 0. The van der Waals surface area contributed by atoms with Crippen LogP contribution in [0.2, 0.25) is 0 Å². The lowest BCUT2D eigenvalue weighted by molar-refractivity contribution is -0.173. The van der Waals surface area contributed by atoms with E-state index in [1.54, 1.807) is 0 Å². The highest BCUT2D eigenvalue weighted by atomic mass is 16.6. The smallest absolute Gasteiger partial charge is 0.347 e. The number of carbonyl (C=O) groups is 4. The van der Waals surface area contributed by atoms with E-state index in [4.69, 9.17) is 9.47 Å². The predicted molar refractivity (Wildman–Crippen MR) is 64.4 cm³/mol. The van der Waals surface area contributed by atoms with Crippen LogP contribution in [0.3, 0.4) is 0 Å². The van der Waals surface area contributed by atoms with E-state index in [2.05, 4.69) is 9.47 Å². The molecule has 0 aromatic rings. The van der Waals surface area contributed by atoms with Crippen LogP contribution in [-0.4, -0.2) is 49.3 Å². The number of ether oxygens (including phenoxy) is 4. The van der Waals surface area contributed by atoms with E-state index < -0.39 is 36.1 Å². The first-order chi connectivity index (χ1) is 9.22. The van der Waals surface area contributed by atoms with Crippen LogP contribution in [-0.2, 0) is 38.1 Å². The molecule has 0 spiro atoms. The van der Waals surface area contributed by atoms with Gasteiger partial charge in [-0.2, -0.15) is 0 Å². The van der Waals surface area contributed by atoms with Gasteiger partial charge in [0.25, 0.3) is 0 Å². The first-order valence-corrected chi connectivity index (χ1v) is 5.86. The van der Waals surface area contributed by atoms with Crippen molar-refractivity contribution >= 4 is 23.9 Å². The summed E-state index contributed by atoms with van der Waals surface area (Å²) in [5.74, 6) is -2.57. The fourth-order valence-electron chi connectivity index (χ4n) is 1.15. The van der Waals surface area contributed by atoms with Crippen molar-refractivity contribution in [1.29, 1.82) is 0 Å². The van der Waals surface area contributed by atoms with Crippen LogP contribution in [0.15, 0.2) is 0 Å². The third kappa shape index (κ3) is 8.90. The molecule has 0 saturated carbocycles. The monoisotopic (exact) mass is 290 g/mol. The maximum atomic E-state index is 11.5. The van der Waals surface area contributed by atoms with Crippen LogP contribution in [0.1, 0.15) is 27.7 Å². The fraction of sp³-hybridized carbons (Fsp3) is 0.667. The first-order valence-electron chi connectivity index (χ1n) is 5.86. The highest BCUT2D eigenvalue weighted by molar-refractivity contribution is 5.78. The van der Waals surface area contributed by atoms with Gasteiger partial charge in [0, 0.05) is 20.8 Å². The molecule has 0 saturated heterocycles. The van der Waals surface area contributed by atoms with Crippen molar-refractivity contribution < 1.29 is 38.1 Å². The molecule has 0 aliphatic carbocycles. The molecular formula is C12H18O8. The van der Waals surface area contributed by atoms with Gasteiger partial charge in [-0.15, -0.1) is 0 Å². The van der Waals surface area contributed by atoms with Crippen LogP contribution in [0, 0.1) is 0 Å². The Morgan fingerprint density at radius 3 is 1.75 bits per heavy atom. The minimum absolute atomic E-state index is 0.232. The molecule has 0 amide bonds. The summed E-state index contributed by atoms with van der Waals surface area (Å²) in [6, 6.07) is 0. The zero-order valence-electron chi connectivity index (χ0n) is 11.8. The highest BCUT2D eigenvalue weighted by Gasteiger charge is 2.21. The summed E-state index contributed by atoms with van der Waals surface area (Å²) in [4.78, 5) is 43.6. The highest BCUT2D eigenvalue weighted by Crippen LogP contribution is 2.01.